The largest absolute Gasteiger partial charge is 0.419 e. The van der Waals surface area contributed by atoms with E-state index in [1.54, 1.807) is 21.5 Å². The number of fused-ring (bicyclic) bond motifs is 2. The first-order valence-corrected chi connectivity index (χ1v) is 8.70. The zero-order chi connectivity index (χ0) is 19.0. The van der Waals surface area contributed by atoms with E-state index in [-0.39, 0.29) is 12.3 Å². The molecule has 1 amide bonds. The van der Waals surface area contributed by atoms with Crippen LogP contribution >= 0.6 is 0 Å². The maximum Gasteiger partial charge on any atom is 0.419 e. The lowest BCUT2D eigenvalue weighted by molar-refractivity contribution is -0.116. The van der Waals surface area contributed by atoms with Crippen molar-refractivity contribution in [3.8, 4) is 0 Å². The molecule has 0 aliphatic rings. The van der Waals surface area contributed by atoms with Crippen LogP contribution in [0.3, 0.4) is 0 Å². The van der Waals surface area contributed by atoms with Crippen LogP contribution in [0.5, 0.6) is 0 Å². The van der Waals surface area contributed by atoms with Crippen LogP contribution in [0.4, 0.5) is 5.69 Å². The molecule has 1 aromatic carbocycles. The van der Waals surface area contributed by atoms with Crippen molar-refractivity contribution in [1.82, 2.24) is 19.3 Å². The van der Waals surface area contributed by atoms with E-state index in [0.29, 0.717) is 24.2 Å². The Hall–Kier alpha value is -3.42. The van der Waals surface area contributed by atoms with E-state index in [1.165, 1.54) is 0 Å². The summed E-state index contributed by atoms with van der Waals surface area (Å²) in [5.74, 6) is -0.531. The number of nitrogens with zero attached hydrogens (tertiary/aromatic N) is 4. The van der Waals surface area contributed by atoms with Crippen LogP contribution in [-0.2, 0) is 18.4 Å². The Morgan fingerprint density at radius 2 is 2.11 bits per heavy atom. The third kappa shape index (κ3) is 3.21. The fourth-order valence-electron chi connectivity index (χ4n) is 3.22. The van der Waals surface area contributed by atoms with E-state index >= 15 is 0 Å². The molecule has 0 spiro atoms. The normalized spacial score (nSPS) is 11.3. The van der Waals surface area contributed by atoms with Gasteiger partial charge in [0.25, 0.3) is 0 Å². The molecular weight excluding hydrogens is 346 g/mol. The minimum Gasteiger partial charge on any atom is -0.408 e. The predicted octanol–water partition coefficient (Wildman–Crippen LogP) is 2.60. The van der Waals surface area contributed by atoms with Crippen molar-refractivity contribution in [1.29, 1.82) is 0 Å². The molecule has 0 atom stereocenters. The number of anilines is 1. The number of amides is 1. The Morgan fingerprint density at radius 1 is 1.30 bits per heavy atom. The molecule has 27 heavy (non-hydrogen) atoms. The first-order chi connectivity index (χ1) is 13.0. The van der Waals surface area contributed by atoms with Crippen molar-refractivity contribution in [3.63, 3.8) is 0 Å². The number of hydrogen-bond donors (Lipinski definition) is 1. The Labute approximate surface area is 154 Å². The number of benzene rings is 1. The van der Waals surface area contributed by atoms with Gasteiger partial charge in [0, 0.05) is 25.4 Å². The molecule has 8 heteroatoms. The molecule has 0 saturated carbocycles. The highest BCUT2D eigenvalue weighted by Crippen LogP contribution is 2.19. The third-order valence-electron chi connectivity index (χ3n) is 4.51. The lowest BCUT2D eigenvalue weighted by atomic mass is 10.2. The molecular formula is C19H19N5O3. The van der Waals surface area contributed by atoms with Gasteiger partial charge in [-0.2, -0.15) is 5.10 Å². The predicted molar refractivity (Wildman–Crippen MR) is 102 cm³/mol. The number of pyridine rings is 1. The first-order valence-electron chi connectivity index (χ1n) is 8.70. The van der Waals surface area contributed by atoms with Gasteiger partial charge in [0.05, 0.1) is 23.1 Å². The van der Waals surface area contributed by atoms with Crippen molar-refractivity contribution in [2.75, 3.05) is 5.32 Å². The summed E-state index contributed by atoms with van der Waals surface area (Å²) < 4.78 is 8.46. The molecule has 0 unspecified atom stereocenters. The molecule has 3 aromatic heterocycles. The summed E-state index contributed by atoms with van der Waals surface area (Å²) in [5.41, 5.74) is 3.57. The van der Waals surface area contributed by atoms with Gasteiger partial charge in [0.1, 0.15) is 0 Å². The van der Waals surface area contributed by atoms with Crippen molar-refractivity contribution < 1.29 is 9.21 Å². The average molecular weight is 365 g/mol. The van der Waals surface area contributed by atoms with Crippen LogP contribution in [0.2, 0.25) is 0 Å². The number of nitrogens with one attached hydrogen (secondary N) is 1. The highest BCUT2D eigenvalue weighted by Gasteiger charge is 2.11. The fraction of sp³-hybridized carbons (Fsp3) is 0.263. The van der Waals surface area contributed by atoms with Gasteiger partial charge in [0.15, 0.2) is 11.2 Å². The second kappa shape index (κ2) is 6.71. The first kappa shape index (κ1) is 17.0. The second-order valence-corrected chi connectivity index (χ2v) is 6.44. The van der Waals surface area contributed by atoms with Gasteiger partial charge < -0.3 is 9.73 Å². The van der Waals surface area contributed by atoms with Crippen LogP contribution < -0.4 is 11.1 Å². The highest BCUT2D eigenvalue weighted by molar-refractivity contribution is 5.93. The smallest absolute Gasteiger partial charge is 0.408 e. The van der Waals surface area contributed by atoms with E-state index in [0.717, 1.165) is 22.2 Å². The van der Waals surface area contributed by atoms with Crippen LogP contribution in [-0.4, -0.2) is 25.2 Å². The summed E-state index contributed by atoms with van der Waals surface area (Å²) in [5, 5.41) is 8.08. The number of carbonyl (C=O) groups excluding carboxylic acids is 1. The molecule has 3 heterocycles. The molecule has 0 bridgehead atoms. The van der Waals surface area contributed by atoms with E-state index in [9.17, 15) is 9.59 Å². The fourth-order valence-corrected chi connectivity index (χ4v) is 3.22. The van der Waals surface area contributed by atoms with Crippen LogP contribution in [0.15, 0.2) is 45.7 Å². The Bertz CT molecular complexity index is 1200. The number of aryl methyl sites for hydroxylation is 3. The van der Waals surface area contributed by atoms with E-state index in [1.807, 2.05) is 38.2 Å². The molecule has 8 nitrogen and oxygen atoms in total. The van der Waals surface area contributed by atoms with Crippen LogP contribution in [0.25, 0.3) is 22.1 Å². The monoisotopic (exact) mass is 365 g/mol. The van der Waals surface area contributed by atoms with Crippen LogP contribution in [0.1, 0.15) is 18.5 Å². The average Bonchev–Trinajstić information content (AvgIpc) is 3.11. The summed E-state index contributed by atoms with van der Waals surface area (Å²) in [6, 6.07) is 9.12. The van der Waals surface area contributed by atoms with Gasteiger partial charge >= 0.3 is 5.76 Å². The van der Waals surface area contributed by atoms with Crippen molar-refractivity contribution in [2.45, 2.75) is 26.3 Å². The summed E-state index contributed by atoms with van der Waals surface area (Å²) in [6.07, 6.45) is 2.43. The summed E-state index contributed by atoms with van der Waals surface area (Å²) in [4.78, 5) is 28.5. The zero-order valence-electron chi connectivity index (χ0n) is 15.1. The van der Waals surface area contributed by atoms with Gasteiger partial charge in [-0.05, 0) is 31.5 Å². The Kier molecular flexibility index (Phi) is 4.23. The summed E-state index contributed by atoms with van der Waals surface area (Å²) in [7, 11) is 1.84. The molecule has 0 fully saturated rings. The van der Waals surface area contributed by atoms with Gasteiger partial charge in [-0.25, -0.2) is 9.78 Å². The van der Waals surface area contributed by atoms with Crippen molar-refractivity contribution >= 4 is 33.7 Å². The minimum atomic E-state index is -0.404. The second-order valence-electron chi connectivity index (χ2n) is 6.44. The number of aromatic nitrogens is 4. The Balaban J connectivity index is 1.40. The number of rotatable bonds is 5. The summed E-state index contributed by atoms with van der Waals surface area (Å²) >= 11 is 0. The van der Waals surface area contributed by atoms with Gasteiger partial charge in [0.2, 0.25) is 5.91 Å². The number of carbonyl (C=O) groups is 1. The maximum absolute atomic E-state index is 12.2. The number of para-hydroxylation sites is 2. The number of oxazole rings is 1. The summed E-state index contributed by atoms with van der Waals surface area (Å²) in [6.45, 7) is 2.32. The molecule has 0 radical (unpaired) electrons. The maximum atomic E-state index is 12.2. The van der Waals surface area contributed by atoms with Gasteiger partial charge in [-0.1, -0.05) is 12.1 Å². The quantitative estimate of drug-likeness (QED) is 0.587. The van der Waals surface area contributed by atoms with E-state index < -0.39 is 5.76 Å². The lowest BCUT2D eigenvalue weighted by Gasteiger charge is -2.06. The lowest BCUT2D eigenvalue weighted by Crippen LogP contribution is -2.17. The molecule has 4 aromatic rings. The van der Waals surface area contributed by atoms with Crippen molar-refractivity contribution in [3.05, 3.63) is 52.8 Å². The minimum absolute atomic E-state index is 0.126. The standard InChI is InChI=1S/C19H19N5O3/c1-12-14-10-13(11-20-18(14)23(2)22-12)21-17(25)8-5-9-24-15-6-3-4-7-16(15)27-19(24)26/h3-4,6-7,10-11H,5,8-9H2,1-2H3,(H,21,25). The molecule has 138 valence electrons. The molecule has 4 rings (SSSR count). The van der Waals surface area contributed by atoms with E-state index in [2.05, 4.69) is 15.4 Å². The Morgan fingerprint density at radius 3 is 2.96 bits per heavy atom. The number of hydrogen-bond acceptors (Lipinski definition) is 5. The SMILES string of the molecule is Cc1nn(C)c2ncc(NC(=O)CCCn3c(=O)oc4ccccc43)cc12. The van der Waals surface area contributed by atoms with Crippen LogP contribution in [0, 0.1) is 6.92 Å². The molecule has 0 saturated heterocycles. The van der Waals surface area contributed by atoms with Gasteiger partial charge in [-0.15, -0.1) is 0 Å². The molecule has 0 aliphatic carbocycles. The molecule has 1 N–H and O–H groups in total. The topological polar surface area (TPSA) is 95.0 Å². The van der Waals surface area contributed by atoms with E-state index in [4.69, 9.17) is 4.42 Å². The molecule has 0 aliphatic heterocycles. The van der Waals surface area contributed by atoms with Gasteiger partial charge in [-0.3, -0.25) is 14.0 Å². The third-order valence-corrected chi connectivity index (χ3v) is 4.51. The van der Waals surface area contributed by atoms with Crippen molar-refractivity contribution in [2.24, 2.45) is 7.05 Å². The highest BCUT2D eigenvalue weighted by atomic mass is 16.4. The zero-order valence-corrected chi connectivity index (χ0v) is 15.1.